The van der Waals surface area contributed by atoms with E-state index in [4.69, 9.17) is 4.74 Å². The Morgan fingerprint density at radius 3 is 3.00 bits per heavy atom. The molecule has 3 atom stereocenters. The molecule has 0 aliphatic heterocycles. The largest absolute Gasteiger partial charge is 0.375 e. The first kappa shape index (κ1) is 16.0. The molecule has 2 N–H and O–H groups in total. The number of rotatable bonds is 6. The fourth-order valence-corrected chi connectivity index (χ4v) is 3.27. The number of aromatic nitrogens is 4. The summed E-state index contributed by atoms with van der Waals surface area (Å²) in [4.78, 5) is 8.43. The number of nitrogens with zero attached hydrogens (tertiary/aromatic N) is 3. The molecule has 1 aliphatic carbocycles. The van der Waals surface area contributed by atoms with Crippen molar-refractivity contribution >= 4 is 16.9 Å². The third-order valence-corrected chi connectivity index (χ3v) is 4.61. The minimum Gasteiger partial charge on any atom is -0.375 e. The first-order valence-corrected chi connectivity index (χ1v) is 8.51. The second kappa shape index (κ2) is 7.14. The van der Waals surface area contributed by atoms with Gasteiger partial charge < -0.3 is 10.1 Å². The number of hydrogen-bond donors (Lipinski definition) is 2. The molecule has 1 aliphatic rings. The summed E-state index contributed by atoms with van der Waals surface area (Å²) in [5.41, 5.74) is 1.38. The normalized spacial score (nSPS) is 21.5. The third kappa shape index (κ3) is 3.61. The molecule has 0 bridgehead atoms. The van der Waals surface area contributed by atoms with Crippen LogP contribution in [0.1, 0.15) is 31.0 Å². The lowest BCUT2D eigenvalue weighted by atomic mass is 10.1. The van der Waals surface area contributed by atoms with Crippen LogP contribution in [-0.4, -0.2) is 38.9 Å². The van der Waals surface area contributed by atoms with E-state index in [1.807, 2.05) is 18.2 Å². The number of anilines is 1. The standard InChI is InChI=1S/C18H20FN5O/c19-16(12-4-2-1-3-5-12)10-25-14-7-6-13(8-14)23-17-15-9-22-24-18(15)21-11-20-17/h1-5,9,11,13-14,16H,6-8,10H2,(H2,20,21,22,23,24)/t13-,14?,16?/m1/s1. The highest BCUT2D eigenvalue weighted by Gasteiger charge is 2.27. The van der Waals surface area contributed by atoms with E-state index >= 15 is 0 Å². The van der Waals surface area contributed by atoms with Crippen molar-refractivity contribution in [1.82, 2.24) is 20.2 Å². The molecule has 6 nitrogen and oxygen atoms in total. The molecule has 1 aromatic carbocycles. The van der Waals surface area contributed by atoms with Gasteiger partial charge in [-0.2, -0.15) is 5.10 Å². The summed E-state index contributed by atoms with van der Waals surface area (Å²) in [5, 5.41) is 11.1. The Hall–Kier alpha value is -2.54. The van der Waals surface area contributed by atoms with Gasteiger partial charge in [0.2, 0.25) is 0 Å². The third-order valence-electron chi connectivity index (χ3n) is 4.61. The van der Waals surface area contributed by atoms with Crippen molar-refractivity contribution in [2.24, 2.45) is 0 Å². The molecule has 0 radical (unpaired) electrons. The van der Waals surface area contributed by atoms with E-state index in [0.29, 0.717) is 11.2 Å². The lowest BCUT2D eigenvalue weighted by Crippen LogP contribution is -2.19. The molecule has 2 aromatic heterocycles. The average Bonchev–Trinajstić information content (AvgIpc) is 3.30. The van der Waals surface area contributed by atoms with E-state index in [-0.39, 0.29) is 18.8 Å². The summed E-state index contributed by atoms with van der Waals surface area (Å²) in [6, 6.07) is 9.41. The van der Waals surface area contributed by atoms with E-state index < -0.39 is 6.17 Å². The van der Waals surface area contributed by atoms with Crippen molar-refractivity contribution in [3.63, 3.8) is 0 Å². The minimum atomic E-state index is -1.08. The number of H-pyrrole nitrogens is 1. The molecule has 130 valence electrons. The van der Waals surface area contributed by atoms with Gasteiger partial charge in [0.1, 0.15) is 18.3 Å². The predicted molar refractivity (Wildman–Crippen MR) is 93.0 cm³/mol. The molecule has 7 heteroatoms. The zero-order valence-electron chi connectivity index (χ0n) is 13.7. The van der Waals surface area contributed by atoms with Crippen LogP contribution in [0.15, 0.2) is 42.9 Å². The summed E-state index contributed by atoms with van der Waals surface area (Å²) in [7, 11) is 0. The number of aromatic amines is 1. The Kier molecular flexibility index (Phi) is 4.56. The van der Waals surface area contributed by atoms with Crippen LogP contribution in [-0.2, 0) is 4.74 Å². The topological polar surface area (TPSA) is 75.7 Å². The monoisotopic (exact) mass is 341 g/mol. The van der Waals surface area contributed by atoms with Crippen LogP contribution in [0.3, 0.4) is 0 Å². The number of fused-ring (bicyclic) bond motifs is 1. The first-order valence-electron chi connectivity index (χ1n) is 8.51. The van der Waals surface area contributed by atoms with E-state index in [2.05, 4.69) is 25.5 Å². The Bertz CT molecular complexity index is 824. The van der Waals surface area contributed by atoms with Crippen LogP contribution in [0, 0.1) is 0 Å². The van der Waals surface area contributed by atoms with Gasteiger partial charge in [-0.3, -0.25) is 5.10 Å². The molecule has 0 amide bonds. The lowest BCUT2D eigenvalue weighted by Gasteiger charge is -2.16. The summed E-state index contributed by atoms with van der Waals surface area (Å²) in [6.45, 7) is 0.0981. The second-order valence-electron chi connectivity index (χ2n) is 6.34. The quantitative estimate of drug-likeness (QED) is 0.718. The number of benzene rings is 1. The second-order valence-corrected chi connectivity index (χ2v) is 6.34. The Balaban J connectivity index is 1.30. The van der Waals surface area contributed by atoms with E-state index in [1.54, 1.807) is 18.3 Å². The molecule has 3 aromatic rings. The van der Waals surface area contributed by atoms with Gasteiger partial charge in [-0.25, -0.2) is 14.4 Å². The number of nitrogens with one attached hydrogen (secondary N) is 2. The number of hydrogen-bond acceptors (Lipinski definition) is 5. The zero-order valence-corrected chi connectivity index (χ0v) is 13.7. The van der Waals surface area contributed by atoms with Gasteiger partial charge in [0, 0.05) is 6.04 Å². The van der Waals surface area contributed by atoms with Crippen molar-refractivity contribution < 1.29 is 9.13 Å². The average molecular weight is 341 g/mol. The Morgan fingerprint density at radius 2 is 2.12 bits per heavy atom. The maximum Gasteiger partial charge on any atom is 0.160 e. The highest BCUT2D eigenvalue weighted by atomic mass is 19.1. The molecule has 2 heterocycles. The molecule has 1 fully saturated rings. The first-order chi connectivity index (χ1) is 12.3. The van der Waals surface area contributed by atoms with E-state index in [1.165, 1.54) is 6.33 Å². The molecule has 2 unspecified atom stereocenters. The summed E-state index contributed by atoms with van der Waals surface area (Å²) >= 11 is 0. The summed E-state index contributed by atoms with van der Waals surface area (Å²) in [6.07, 6.45) is 4.94. The fraction of sp³-hybridized carbons (Fsp3) is 0.389. The smallest absolute Gasteiger partial charge is 0.160 e. The van der Waals surface area contributed by atoms with Crippen LogP contribution in [0.4, 0.5) is 10.2 Å². The molecular weight excluding hydrogens is 321 g/mol. The minimum absolute atomic E-state index is 0.0705. The SMILES string of the molecule is FC(COC1CC[C@@H](Nc2ncnc3[nH]ncc23)C1)c1ccccc1. The highest BCUT2D eigenvalue weighted by molar-refractivity contribution is 5.85. The maximum atomic E-state index is 14.2. The van der Waals surface area contributed by atoms with E-state index in [9.17, 15) is 4.39 Å². The van der Waals surface area contributed by atoms with Crippen LogP contribution in [0.25, 0.3) is 11.0 Å². The van der Waals surface area contributed by atoms with Gasteiger partial charge in [0.15, 0.2) is 5.65 Å². The van der Waals surface area contributed by atoms with Crippen molar-refractivity contribution in [2.75, 3.05) is 11.9 Å². The van der Waals surface area contributed by atoms with Crippen molar-refractivity contribution in [3.05, 3.63) is 48.4 Å². The molecule has 0 saturated heterocycles. The van der Waals surface area contributed by atoms with Crippen LogP contribution >= 0.6 is 0 Å². The van der Waals surface area contributed by atoms with Crippen molar-refractivity contribution in [3.8, 4) is 0 Å². The van der Waals surface area contributed by atoms with Crippen LogP contribution < -0.4 is 5.32 Å². The highest BCUT2D eigenvalue weighted by Crippen LogP contribution is 2.28. The zero-order chi connectivity index (χ0) is 17.1. The number of ether oxygens (including phenoxy) is 1. The maximum absolute atomic E-state index is 14.2. The molecule has 1 saturated carbocycles. The Morgan fingerprint density at radius 1 is 1.24 bits per heavy atom. The van der Waals surface area contributed by atoms with Crippen molar-refractivity contribution in [2.45, 2.75) is 37.6 Å². The van der Waals surface area contributed by atoms with Gasteiger partial charge in [-0.15, -0.1) is 0 Å². The molecular formula is C18H20FN5O. The van der Waals surface area contributed by atoms with Gasteiger partial charge in [-0.1, -0.05) is 30.3 Å². The molecule has 0 spiro atoms. The number of alkyl halides is 1. The summed E-state index contributed by atoms with van der Waals surface area (Å²) in [5.74, 6) is 0.775. The van der Waals surface area contributed by atoms with Crippen LogP contribution in [0.2, 0.25) is 0 Å². The Labute approximate surface area is 144 Å². The van der Waals surface area contributed by atoms with Gasteiger partial charge in [0.25, 0.3) is 0 Å². The van der Waals surface area contributed by atoms with Crippen molar-refractivity contribution in [1.29, 1.82) is 0 Å². The fourth-order valence-electron chi connectivity index (χ4n) is 3.27. The summed E-state index contributed by atoms with van der Waals surface area (Å²) < 4.78 is 20.0. The predicted octanol–water partition coefficient (Wildman–Crippen LogP) is 3.41. The van der Waals surface area contributed by atoms with Gasteiger partial charge in [0.05, 0.1) is 24.3 Å². The lowest BCUT2D eigenvalue weighted by molar-refractivity contribution is 0.0217. The molecule has 25 heavy (non-hydrogen) atoms. The number of halogens is 1. The van der Waals surface area contributed by atoms with Crippen LogP contribution in [0.5, 0.6) is 0 Å². The van der Waals surface area contributed by atoms with Gasteiger partial charge in [-0.05, 0) is 24.8 Å². The van der Waals surface area contributed by atoms with E-state index in [0.717, 1.165) is 30.5 Å². The molecule has 4 rings (SSSR count). The van der Waals surface area contributed by atoms with Gasteiger partial charge >= 0.3 is 0 Å².